The highest BCUT2D eigenvalue weighted by molar-refractivity contribution is 6.40. The smallest absolute Gasteiger partial charge is 0.376 e. The van der Waals surface area contributed by atoms with Crippen molar-refractivity contribution in [2.24, 2.45) is 22.7 Å². The number of carbonyl (C=O) groups excluding carboxylic acids is 2. The molecule has 4 aliphatic rings. The van der Waals surface area contributed by atoms with E-state index in [4.69, 9.17) is 5.11 Å². The quantitative estimate of drug-likeness (QED) is 0.725. The molecule has 2 fully saturated rings. The molecule has 0 aromatic rings. The summed E-state index contributed by atoms with van der Waals surface area (Å²) in [7, 11) is 0. The average molecular weight is 374 g/mol. The van der Waals surface area contributed by atoms with E-state index in [-0.39, 0.29) is 23.7 Å². The molecule has 4 rings (SSSR count). The van der Waals surface area contributed by atoms with Crippen LogP contribution in [0.15, 0.2) is 35.5 Å². The molecule has 4 aliphatic carbocycles. The van der Waals surface area contributed by atoms with Crippen LogP contribution in [0.2, 0.25) is 0 Å². The standard InChI is InChI=1S/C21H23FO5/c1-19-10-16(24)21(22)14(13(19)5-6-15(19)17(25)18(26)27)4-3-11-9-12(23)7-8-20(11,21)2/h6-9,13-14,16,24H,3-5,10H2,1-2H3,(H,26,27)/t13-,14-,16-,19-,20-,21?/m0/s1. The Balaban J connectivity index is 1.78. The van der Waals surface area contributed by atoms with Gasteiger partial charge in [0.25, 0.3) is 5.78 Å². The van der Waals surface area contributed by atoms with Crippen LogP contribution in [-0.4, -0.2) is 39.5 Å². The van der Waals surface area contributed by atoms with Crippen molar-refractivity contribution in [1.29, 1.82) is 0 Å². The molecule has 2 N–H and O–H groups in total. The Morgan fingerprint density at radius 3 is 2.63 bits per heavy atom. The van der Waals surface area contributed by atoms with Crippen LogP contribution in [-0.2, 0) is 14.4 Å². The first-order valence-electron chi connectivity index (χ1n) is 9.35. The molecule has 0 aliphatic heterocycles. The number of halogens is 1. The molecule has 6 heteroatoms. The number of aliphatic hydroxyl groups is 1. The van der Waals surface area contributed by atoms with Crippen molar-refractivity contribution in [3.63, 3.8) is 0 Å². The van der Waals surface area contributed by atoms with Gasteiger partial charge >= 0.3 is 5.97 Å². The van der Waals surface area contributed by atoms with E-state index in [1.54, 1.807) is 26.0 Å². The number of Topliss-reactive ketones (excluding diaryl/α,β-unsaturated/α-hetero) is 1. The second kappa shape index (κ2) is 5.47. The molecule has 6 atom stereocenters. The number of rotatable bonds is 2. The van der Waals surface area contributed by atoms with Crippen molar-refractivity contribution >= 4 is 17.5 Å². The second-order valence-corrected chi connectivity index (χ2v) is 8.75. The average Bonchev–Trinajstić information content (AvgIpc) is 2.93. The normalized spacial score (nSPS) is 45.3. The summed E-state index contributed by atoms with van der Waals surface area (Å²) in [4.78, 5) is 35.2. The van der Waals surface area contributed by atoms with Crippen molar-refractivity contribution in [1.82, 2.24) is 0 Å². The maximum absolute atomic E-state index is 16.7. The highest BCUT2D eigenvalue weighted by Gasteiger charge is 2.69. The fraction of sp³-hybridized carbons (Fsp3) is 0.571. The van der Waals surface area contributed by atoms with Gasteiger partial charge in [0.05, 0.1) is 6.10 Å². The van der Waals surface area contributed by atoms with Crippen LogP contribution in [0.3, 0.4) is 0 Å². The molecule has 0 heterocycles. The number of aliphatic carboxylic acids is 1. The number of ketones is 2. The zero-order valence-electron chi connectivity index (χ0n) is 15.4. The van der Waals surface area contributed by atoms with Gasteiger partial charge in [0.15, 0.2) is 11.5 Å². The van der Waals surface area contributed by atoms with Gasteiger partial charge in [-0.2, -0.15) is 0 Å². The molecule has 0 aromatic carbocycles. The number of carbonyl (C=O) groups is 3. The molecule has 0 bridgehead atoms. The highest BCUT2D eigenvalue weighted by atomic mass is 19.1. The lowest BCUT2D eigenvalue weighted by atomic mass is 9.45. The van der Waals surface area contributed by atoms with Gasteiger partial charge in [-0.3, -0.25) is 9.59 Å². The summed E-state index contributed by atoms with van der Waals surface area (Å²) in [5.74, 6) is -3.44. The van der Waals surface area contributed by atoms with E-state index in [2.05, 4.69) is 0 Å². The maximum atomic E-state index is 16.7. The van der Waals surface area contributed by atoms with Gasteiger partial charge in [-0.05, 0) is 50.7 Å². The van der Waals surface area contributed by atoms with E-state index < -0.39 is 40.3 Å². The SMILES string of the molecule is C[C@]12C=CC(=O)C=C1CC[C@H]1[C@@H]3CC=C(C(=O)C(=O)O)[C@@]3(C)C[C@H](O)C12F. The van der Waals surface area contributed by atoms with Crippen LogP contribution in [0.1, 0.15) is 39.5 Å². The molecule has 2 saturated carbocycles. The third-order valence-corrected chi connectivity index (χ3v) is 7.66. The van der Waals surface area contributed by atoms with Crippen LogP contribution < -0.4 is 0 Å². The molecule has 0 radical (unpaired) electrons. The van der Waals surface area contributed by atoms with Crippen molar-refractivity contribution in [2.45, 2.75) is 51.3 Å². The van der Waals surface area contributed by atoms with Crippen molar-refractivity contribution in [3.05, 3.63) is 35.5 Å². The predicted molar refractivity (Wildman–Crippen MR) is 94.5 cm³/mol. The minimum Gasteiger partial charge on any atom is -0.475 e. The van der Waals surface area contributed by atoms with Crippen LogP contribution in [0, 0.1) is 22.7 Å². The van der Waals surface area contributed by atoms with Crippen molar-refractivity contribution < 1.29 is 29.0 Å². The minimum atomic E-state index is -1.96. The Kier molecular flexibility index (Phi) is 3.71. The van der Waals surface area contributed by atoms with Gasteiger partial charge in [0, 0.05) is 22.3 Å². The zero-order chi connectivity index (χ0) is 19.8. The lowest BCUT2D eigenvalue weighted by Gasteiger charge is -2.61. The van der Waals surface area contributed by atoms with Gasteiger partial charge in [0.1, 0.15) is 0 Å². The van der Waals surface area contributed by atoms with Crippen molar-refractivity contribution in [2.75, 3.05) is 0 Å². The third kappa shape index (κ3) is 2.10. The van der Waals surface area contributed by atoms with Gasteiger partial charge in [-0.15, -0.1) is 0 Å². The number of hydrogen-bond donors (Lipinski definition) is 2. The topological polar surface area (TPSA) is 91.7 Å². The predicted octanol–water partition coefficient (Wildman–Crippen LogP) is 2.55. The van der Waals surface area contributed by atoms with E-state index in [1.165, 1.54) is 12.2 Å². The molecule has 27 heavy (non-hydrogen) atoms. The van der Waals surface area contributed by atoms with Gasteiger partial charge < -0.3 is 10.2 Å². The van der Waals surface area contributed by atoms with Gasteiger partial charge in [0.2, 0.25) is 0 Å². The number of fused-ring (bicyclic) bond motifs is 5. The summed E-state index contributed by atoms with van der Waals surface area (Å²) < 4.78 is 16.7. The van der Waals surface area contributed by atoms with Crippen LogP contribution in [0.25, 0.3) is 0 Å². The molecule has 0 saturated heterocycles. The van der Waals surface area contributed by atoms with Gasteiger partial charge in [-0.1, -0.05) is 24.6 Å². The molecular formula is C21H23FO5. The molecule has 144 valence electrons. The zero-order valence-corrected chi connectivity index (χ0v) is 15.4. The summed E-state index contributed by atoms with van der Waals surface area (Å²) in [5, 5.41) is 20.1. The first kappa shape index (κ1) is 18.3. The van der Waals surface area contributed by atoms with E-state index >= 15 is 4.39 Å². The Hall–Kier alpha value is -2.08. The van der Waals surface area contributed by atoms with E-state index in [1.807, 2.05) is 0 Å². The van der Waals surface area contributed by atoms with Crippen LogP contribution >= 0.6 is 0 Å². The number of aliphatic hydroxyl groups excluding tert-OH is 1. The monoisotopic (exact) mass is 374 g/mol. The van der Waals surface area contributed by atoms with Crippen LogP contribution in [0.5, 0.6) is 0 Å². The molecule has 0 amide bonds. The fourth-order valence-corrected chi connectivity index (χ4v) is 6.25. The third-order valence-electron chi connectivity index (χ3n) is 7.66. The summed E-state index contributed by atoms with van der Waals surface area (Å²) in [5.41, 5.74) is -3.02. The lowest BCUT2D eigenvalue weighted by molar-refractivity contribution is -0.186. The Morgan fingerprint density at radius 2 is 1.96 bits per heavy atom. The first-order chi connectivity index (χ1) is 12.6. The van der Waals surface area contributed by atoms with Gasteiger partial charge in [-0.25, -0.2) is 9.18 Å². The largest absolute Gasteiger partial charge is 0.475 e. The Bertz CT molecular complexity index is 855. The minimum absolute atomic E-state index is 0.0137. The van der Waals surface area contributed by atoms with E-state index in [0.717, 1.165) is 0 Å². The first-order valence-corrected chi connectivity index (χ1v) is 9.35. The number of hydrogen-bond acceptors (Lipinski definition) is 4. The lowest BCUT2D eigenvalue weighted by Crippen LogP contribution is -2.66. The summed E-state index contributed by atoms with van der Waals surface area (Å²) in [6, 6.07) is 0. The molecule has 5 nitrogen and oxygen atoms in total. The highest BCUT2D eigenvalue weighted by Crippen LogP contribution is 2.67. The molecule has 0 aromatic heterocycles. The summed E-state index contributed by atoms with van der Waals surface area (Å²) in [6.45, 7) is 3.50. The van der Waals surface area contributed by atoms with E-state index in [9.17, 15) is 19.5 Å². The summed E-state index contributed by atoms with van der Waals surface area (Å²) >= 11 is 0. The summed E-state index contributed by atoms with van der Waals surface area (Å²) in [6.07, 6.45) is 6.08. The van der Waals surface area contributed by atoms with E-state index in [0.29, 0.717) is 24.8 Å². The Labute approximate surface area is 156 Å². The number of carboxylic acids is 1. The Morgan fingerprint density at radius 1 is 1.26 bits per heavy atom. The van der Waals surface area contributed by atoms with Crippen molar-refractivity contribution in [3.8, 4) is 0 Å². The molecular weight excluding hydrogens is 351 g/mol. The molecule has 1 unspecified atom stereocenters. The second-order valence-electron chi connectivity index (χ2n) is 8.75. The number of carboxylic acid groups (broad SMARTS) is 1. The number of alkyl halides is 1. The van der Waals surface area contributed by atoms with Crippen LogP contribution in [0.4, 0.5) is 4.39 Å². The fourth-order valence-electron chi connectivity index (χ4n) is 6.25. The number of allylic oxidation sites excluding steroid dienone is 5. The maximum Gasteiger partial charge on any atom is 0.376 e. The molecule has 0 spiro atoms.